The molecule has 2 atom stereocenters. The minimum absolute atomic E-state index is 0.489. The number of hydrogen-bond acceptors (Lipinski definition) is 6. The average molecular weight is 459 g/mol. The monoisotopic (exact) mass is 458 g/mol. The Morgan fingerprint density at radius 1 is 1.06 bits per heavy atom. The SMILES string of the molecule is C#CC#CCN1C2CC1CN(c1ccc(-c3cc(-c4cnn(C)c4)cn4ncc(C#N)c34)cn1)C2. The molecule has 35 heavy (non-hydrogen) atoms. The van der Waals surface area contributed by atoms with Crippen LogP contribution in [0.25, 0.3) is 27.8 Å². The topological polar surface area (TPSA) is 78.3 Å². The van der Waals surface area contributed by atoms with Crippen molar-refractivity contribution < 1.29 is 0 Å². The van der Waals surface area contributed by atoms with E-state index in [-0.39, 0.29) is 0 Å². The van der Waals surface area contributed by atoms with Crippen LogP contribution in [0.15, 0.2) is 49.2 Å². The Morgan fingerprint density at radius 2 is 1.91 bits per heavy atom. The van der Waals surface area contributed by atoms with Crippen molar-refractivity contribution in [2.24, 2.45) is 7.05 Å². The fourth-order valence-corrected chi connectivity index (χ4v) is 5.20. The first-order valence-electron chi connectivity index (χ1n) is 11.5. The van der Waals surface area contributed by atoms with Gasteiger partial charge in [-0.25, -0.2) is 9.50 Å². The summed E-state index contributed by atoms with van der Waals surface area (Å²) in [5.74, 6) is 9.12. The van der Waals surface area contributed by atoms with Crippen LogP contribution in [-0.4, -0.2) is 61.0 Å². The molecule has 3 fully saturated rings. The maximum Gasteiger partial charge on any atom is 0.128 e. The lowest BCUT2D eigenvalue weighted by molar-refractivity contribution is 0.0125. The van der Waals surface area contributed by atoms with E-state index >= 15 is 0 Å². The molecule has 0 radical (unpaired) electrons. The Morgan fingerprint density at radius 3 is 2.60 bits per heavy atom. The number of terminal acetylenes is 1. The third-order valence-corrected chi connectivity index (χ3v) is 6.92. The molecule has 2 unspecified atom stereocenters. The first kappa shape index (κ1) is 21.0. The average Bonchev–Trinajstić information content (AvgIpc) is 3.52. The highest BCUT2D eigenvalue weighted by Gasteiger charge is 2.44. The molecular formula is C27H22N8. The van der Waals surface area contributed by atoms with Gasteiger partial charge in [0.1, 0.15) is 11.9 Å². The largest absolute Gasteiger partial charge is 0.353 e. The van der Waals surface area contributed by atoms with Crippen LogP contribution in [0.4, 0.5) is 5.82 Å². The van der Waals surface area contributed by atoms with Crippen LogP contribution in [0, 0.1) is 35.5 Å². The Hall–Kier alpha value is -4.58. The molecule has 170 valence electrons. The van der Waals surface area contributed by atoms with Crippen LogP contribution in [0.3, 0.4) is 0 Å². The smallest absolute Gasteiger partial charge is 0.128 e. The summed E-state index contributed by atoms with van der Waals surface area (Å²) in [5.41, 5.74) is 5.12. The van der Waals surface area contributed by atoms with E-state index in [1.165, 1.54) is 6.42 Å². The Balaban J connectivity index is 1.30. The number of nitrogens with zero attached hydrogens (tertiary/aromatic N) is 8. The molecule has 3 aliphatic heterocycles. The summed E-state index contributed by atoms with van der Waals surface area (Å²) in [6.07, 6.45) is 15.6. The molecule has 2 bridgehead atoms. The fourth-order valence-electron chi connectivity index (χ4n) is 5.20. The summed E-state index contributed by atoms with van der Waals surface area (Å²) in [6, 6.07) is 9.47. The molecule has 0 N–H and O–H groups in total. The number of fused-ring (bicyclic) bond motifs is 3. The van der Waals surface area contributed by atoms with Crippen LogP contribution in [0.5, 0.6) is 0 Å². The van der Waals surface area contributed by atoms with Crippen molar-refractivity contribution >= 4 is 11.3 Å². The number of anilines is 1. The van der Waals surface area contributed by atoms with E-state index in [0.29, 0.717) is 17.6 Å². The highest BCUT2D eigenvalue weighted by molar-refractivity contribution is 5.87. The van der Waals surface area contributed by atoms with Crippen LogP contribution in [0.1, 0.15) is 12.0 Å². The zero-order chi connectivity index (χ0) is 23.9. The first-order chi connectivity index (χ1) is 17.1. The van der Waals surface area contributed by atoms with Crippen molar-refractivity contribution in [1.82, 2.24) is 29.3 Å². The Bertz CT molecular complexity index is 1560. The molecule has 0 saturated carbocycles. The highest BCUT2D eigenvalue weighted by Crippen LogP contribution is 2.35. The third kappa shape index (κ3) is 3.60. The lowest BCUT2D eigenvalue weighted by atomic mass is 9.87. The van der Waals surface area contributed by atoms with Gasteiger partial charge in [-0.05, 0) is 36.5 Å². The maximum absolute atomic E-state index is 9.66. The number of hydrogen-bond donors (Lipinski definition) is 0. The van der Waals surface area contributed by atoms with Gasteiger partial charge in [-0.3, -0.25) is 9.58 Å². The number of rotatable bonds is 4. The molecule has 0 spiro atoms. The van der Waals surface area contributed by atoms with Crippen LogP contribution < -0.4 is 4.90 Å². The molecule has 4 aromatic rings. The summed E-state index contributed by atoms with van der Waals surface area (Å²) in [6.45, 7) is 2.60. The lowest BCUT2D eigenvalue weighted by Crippen LogP contribution is -2.68. The summed E-state index contributed by atoms with van der Waals surface area (Å²) < 4.78 is 3.53. The molecule has 4 aromatic heterocycles. The maximum atomic E-state index is 9.66. The highest BCUT2D eigenvalue weighted by atomic mass is 15.4. The second-order valence-corrected chi connectivity index (χ2v) is 8.98. The van der Waals surface area contributed by atoms with Crippen molar-refractivity contribution in [1.29, 1.82) is 5.26 Å². The van der Waals surface area contributed by atoms with Crippen molar-refractivity contribution in [2.45, 2.75) is 18.5 Å². The number of pyridine rings is 2. The summed E-state index contributed by atoms with van der Waals surface area (Å²) in [5, 5.41) is 18.4. The van der Waals surface area contributed by atoms with Gasteiger partial charge in [0.2, 0.25) is 0 Å². The van der Waals surface area contributed by atoms with Gasteiger partial charge in [0.05, 0.1) is 30.0 Å². The quantitative estimate of drug-likeness (QED) is 0.438. The van der Waals surface area contributed by atoms with E-state index < -0.39 is 0 Å². The third-order valence-electron chi connectivity index (χ3n) is 6.92. The number of piperazine rings is 1. The number of nitriles is 1. The van der Waals surface area contributed by atoms with E-state index in [2.05, 4.69) is 62.0 Å². The second-order valence-electron chi connectivity index (χ2n) is 8.98. The predicted molar refractivity (Wildman–Crippen MR) is 133 cm³/mol. The number of aryl methyl sites for hydroxylation is 1. The number of aromatic nitrogens is 5. The molecule has 0 amide bonds. The van der Waals surface area contributed by atoms with Gasteiger partial charge in [0.15, 0.2) is 0 Å². The molecule has 0 aliphatic carbocycles. The molecule has 7 heterocycles. The van der Waals surface area contributed by atoms with E-state index in [9.17, 15) is 5.26 Å². The van der Waals surface area contributed by atoms with Gasteiger partial charge in [0, 0.05) is 73.1 Å². The van der Waals surface area contributed by atoms with Crippen molar-refractivity contribution in [2.75, 3.05) is 24.5 Å². The van der Waals surface area contributed by atoms with Gasteiger partial charge in [-0.1, -0.05) is 5.92 Å². The minimum Gasteiger partial charge on any atom is -0.353 e. The van der Waals surface area contributed by atoms with Gasteiger partial charge in [-0.15, -0.1) is 6.42 Å². The van der Waals surface area contributed by atoms with Gasteiger partial charge >= 0.3 is 0 Å². The molecule has 7 rings (SSSR count). The van der Waals surface area contributed by atoms with E-state index in [0.717, 1.165) is 53.2 Å². The van der Waals surface area contributed by atoms with Crippen molar-refractivity contribution in [3.63, 3.8) is 0 Å². The van der Waals surface area contributed by atoms with Crippen LogP contribution >= 0.6 is 0 Å². The Kier molecular flexibility index (Phi) is 4.99. The van der Waals surface area contributed by atoms with Gasteiger partial charge in [0.25, 0.3) is 0 Å². The standard InChI is InChI=1S/C27H22N8/c1-3-4-5-8-34-23-10-24(34)18-33(17-23)26-7-6-19(12-29-26)25-9-20(22-14-30-32(2)15-22)16-35-27(25)21(11-28)13-31-35/h1,6-7,9,12-16,23-24H,8,10,17-18H2,2H3. The molecule has 8 heteroatoms. The summed E-state index contributed by atoms with van der Waals surface area (Å²) in [4.78, 5) is 9.58. The van der Waals surface area contributed by atoms with Gasteiger partial charge in [-0.2, -0.15) is 15.5 Å². The zero-order valence-electron chi connectivity index (χ0n) is 19.3. The molecule has 0 aromatic carbocycles. The van der Waals surface area contributed by atoms with Crippen molar-refractivity contribution in [3.05, 3.63) is 54.7 Å². The molecule has 3 aliphatic rings. The predicted octanol–water partition coefficient (Wildman–Crippen LogP) is 2.57. The number of piperidine rings is 1. The van der Waals surface area contributed by atoms with Crippen LogP contribution in [0.2, 0.25) is 0 Å². The lowest BCUT2D eigenvalue weighted by Gasteiger charge is -2.56. The summed E-state index contributed by atoms with van der Waals surface area (Å²) in [7, 11) is 1.89. The summed E-state index contributed by atoms with van der Waals surface area (Å²) >= 11 is 0. The fraction of sp³-hybridized carbons (Fsp3) is 0.259. The first-order valence-corrected chi connectivity index (χ1v) is 11.5. The van der Waals surface area contributed by atoms with Gasteiger partial charge < -0.3 is 4.90 Å². The molecular weight excluding hydrogens is 436 g/mol. The normalized spacial score (nSPS) is 18.9. The van der Waals surface area contributed by atoms with E-state index in [1.54, 1.807) is 15.4 Å². The second kappa shape index (κ2) is 8.33. The van der Waals surface area contributed by atoms with Crippen molar-refractivity contribution in [3.8, 4) is 52.5 Å². The molecule has 3 saturated heterocycles. The van der Waals surface area contributed by atoms with Crippen LogP contribution in [-0.2, 0) is 7.05 Å². The minimum atomic E-state index is 0.489. The Labute approximate surface area is 203 Å². The van der Waals surface area contributed by atoms with E-state index in [1.807, 2.05) is 31.8 Å². The zero-order valence-corrected chi connectivity index (χ0v) is 19.3. The van der Waals surface area contributed by atoms with E-state index in [4.69, 9.17) is 11.4 Å². The molecule has 8 nitrogen and oxygen atoms in total.